The van der Waals surface area contributed by atoms with E-state index in [9.17, 15) is 0 Å². The van der Waals surface area contributed by atoms with Crippen LogP contribution in [0, 0.1) is 16.7 Å². The van der Waals surface area contributed by atoms with E-state index < -0.39 is 19.3 Å². The first-order valence-corrected chi connectivity index (χ1v) is 26.3. The molecule has 296 valence electrons. The number of hydrogen-bond acceptors (Lipinski definition) is 0. The molecule has 8 rings (SSSR count). The van der Waals surface area contributed by atoms with Crippen LogP contribution in [0.2, 0.25) is 10.0 Å². The maximum Gasteiger partial charge on any atom is -1.00 e. The van der Waals surface area contributed by atoms with Gasteiger partial charge in [0.2, 0.25) is 0 Å². The summed E-state index contributed by atoms with van der Waals surface area (Å²) in [6.45, 7) is 28.6. The molecule has 0 aliphatic heterocycles. The van der Waals surface area contributed by atoms with Gasteiger partial charge in [0.15, 0.2) is 0 Å². The molecule has 0 nitrogen and oxygen atoms in total. The third kappa shape index (κ3) is 7.54. The zero-order valence-corrected chi connectivity index (χ0v) is 41.0. The summed E-state index contributed by atoms with van der Waals surface area (Å²) in [6.07, 6.45) is 10.2. The molecule has 0 aromatic heterocycles. The van der Waals surface area contributed by atoms with Gasteiger partial charge in [-0.15, -0.1) is 0 Å². The van der Waals surface area contributed by atoms with Crippen LogP contribution in [0.3, 0.4) is 0 Å². The van der Waals surface area contributed by atoms with Gasteiger partial charge >= 0.3 is 347 Å². The van der Waals surface area contributed by atoms with Gasteiger partial charge in [-0.25, -0.2) is 0 Å². The maximum absolute atomic E-state index is 6.56. The van der Waals surface area contributed by atoms with Crippen LogP contribution in [0.25, 0.3) is 22.3 Å². The van der Waals surface area contributed by atoms with Crippen LogP contribution in [0.4, 0.5) is 0 Å². The van der Waals surface area contributed by atoms with Crippen molar-refractivity contribution >= 4 is 41.8 Å². The first-order valence-electron chi connectivity index (χ1n) is 20.1. The Morgan fingerprint density at radius 2 is 0.982 bits per heavy atom. The fraction of sp³-hybridized carbons (Fsp3) is 0.346. The third-order valence-corrected chi connectivity index (χ3v) is 25.1. The minimum Gasteiger partial charge on any atom is -1.00 e. The number of allylic oxidation sites excluding steroid dienone is 8. The Morgan fingerprint density at radius 1 is 0.596 bits per heavy atom. The Labute approximate surface area is 368 Å². The van der Waals surface area contributed by atoms with Crippen LogP contribution < -0.4 is 24.8 Å². The molecule has 0 heterocycles. The molecule has 0 saturated carbocycles. The van der Waals surface area contributed by atoms with Gasteiger partial charge in [0, 0.05) is 0 Å². The van der Waals surface area contributed by atoms with Crippen LogP contribution in [0.5, 0.6) is 0 Å². The number of fused-ring (bicyclic) bond motifs is 5. The van der Waals surface area contributed by atoms with Gasteiger partial charge in [-0.3, -0.25) is 0 Å². The maximum atomic E-state index is 6.56. The van der Waals surface area contributed by atoms with Crippen molar-refractivity contribution in [3.05, 3.63) is 161 Å². The second-order valence-electron chi connectivity index (χ2n) is 20.1. The van der Waals surface area contributed by atoms with E-state index in [0.29, 0.717) is 5.92 Å². The molecule has 4 aromatic carbocycles. The van der Waals surface area contributed by atoms with Crippen molar-refractivity contribution in [1.29, 1.82) is 0 Å². The zero-order valence-electron chi connectivity index (χ0n) is 35.6. The average molecular weight is 914 g/mol. The zero-order chi connectivity index (χ0) is 39.6. The van der Waals surface area contributed by atoms with Gasteiger partial charge in [-0.05, 0) is 0 Å². The van der Waals surface area contributed by atoms with Gasteiger partial charge in [0.1, 0.15) is 0 Å². The SMILES string of the molecule is CC1=CC(C)[C]([Zr+2](=[CH]c2ccc(Cl)cc2)(=[CH]c2ccc(Cl)cc2)[CH]2c3cc4c(cc3-c3cc5c(cc32)C(C)(C)C=C5C(C)(C)C)C(C(C)(C)C)=CC4(C)C)=C1.[Cl-].[Cl-]. The van der Waals surface area contributed by atoms with Crippen LogP contribution in [0.15, 0.2) is 106 Å². The number of rotatable bonds is 4. The summed E-state index contributed by atoms with van der Waals surface area (Å²) in [6, 6.07) is 27.7. The monoisotopic (exact) mass is 910 g/mol. The molecule has 0 bridgehead atoms. The summed E-state index contributed by atoms with van der Waals surface area (Å²) in [4.78, 5) is 0. The summed E-state index contributed by atoms with van der Waals surface area (Å²) < 4.78 is 7.33. The quantitative estimate of drug-likeness (QED) is 0.192. The van der Waals surface area contributed by atoms with E-state index in [1.54, 1.807) is 3.28 Å². The molecule has 4 aliphatic rings. The van der Waals surface area contributed by atoms with E-state index in [1.807, 2.05) is 0 Å². The summed E-state index contributed by atoms with van der Waals surface area (Å²) in [7, 11) is 0. The topological polar surface area (TPSA) is 0 Å². The molecule has 1 unspecified atom stereocenters. The molecule has 0 radical (unpaired) electrons. The molecule has 5 heteroatoms. The van der Waals surface area contributed by atoms with E-state index in [1.165, 1.54) is 72.4 Å². The predicted octanol–water partition coefficient (Wildman–Crippen LogP) is 8.85. The molecule has 0 N–H and O–H groups in total. The summed E-state index contributed by atoms with van der Waals surface area (Å²) in [5, 5.41) is 1.53. The normalized spacial score (nSPS) is 18.3. The van der Waals surface area contributed by atoms with Crippen molar-refractivity contribution in [1.82, 2.24) is 0 Å². The van der Waals surface area contributed by atoms with Gasteiger partial charge in [0.25, 0.3) is 0 Å². The van der Waals surface area contributed by atoms with Crippen molar-refractivity contribution in [2.75, 3.05) is 0 Å². The fourth-order valence-electron chi connectivity index (χ4n) is 10.3. The summed E-state index contributed by atoms with van der Waals surface area (Å²) in [5.41, 5.74) is 18.3. The summed E-state index contributed by atoms with van der Waals surface area (Å²) >= 11 is 9.05. The molecular formula is C52H56Cl4Zr. The van der Waals surface area contributed by atoms with Crippen molar-refractivity contribution in [3.8, 4) is 11.1 Å². The molecule has 0 fully saturated rings. The number of benzene rings is 4. The Kier molecular flexibility index (Phi) is 11.6. The average Bonchev–Trinajstić information content (AvgIpc) is 3.77. The third-order valence-electron chi connectivity index (χ3n) is 12.8. The molecule has 0 spiro atoms. The first-order chi connectivity index (χ1) is 25.6. The molecule has 57 heavy (non-hydrogen) atoms. The van der Waals surface area contributed by atoms with E-state index in [4.69, 9.17) is 23.2 Å². The smallest absolute Gasteiger partial charge is 1.00 e. The van der Waals surface area contributed by atoms with Crippen LogP contribution in [-0.4, -0.2) is 7.42 Å². The first kappa shape index (κ1) is 44.2. The Morgan fingerprint density at radius 3 is 1.32 bits per heavy atom. The largest absolute Gasteiger partial charge is 1.00 e. The summed E-state index contributed by atoms with van der Waals surface area (Å²) in [5.74, 6) is 0.329. The minimum atomic E-state index is -4.07. The van der Waals surface area contributed by atoms with E-state index in [0.717, 1.165) is 10.0 Å². The number of hydrogen-bond donors (Lipinski definition) is 0. The van der Waals surface area contributed by atoms with Crippen LogP contribution in [0.1, 0.15) is 131 Å². The van der Waals surface area contributed by atoms with Crippen LogP contribution in [-0.2, 0) is 30.1 Å². The second-order valence-corrected chi connectivity index (χ2v) is 29.8. The van der Waals surface area contributed by atoms with E-state index >= 15 is 0 Å². The standard InChI is InChI=1S/C31H37.2C7H5Cl.C7H9.2ClH.Zr/c1-28(2,3)26-16-30(7,8)24-12-18-11-19-13-25-23(15-21(19)20(18)14-22(24)26)27(29(4,5)6)17-31(25,9)10;2*1-6-2-4-7(8)5-3-6;1-6-3-4-7(2)5-6;;;/h11-17H,1-10H3;2*1-5H;3,5,7H,1-2H3;2*1H;/q;;;;;;+2/p-2. The van der Waals surface area contributed by atoms with Gasteiger partial charge < -0.3 is 24.8 Å². The molecule has 0 saturated heterocycles. The molecule has 0 amide bonds. The van der Waals surface area contributed by atoms with Gasteiger partial charge in [0.05, 0.1) is 0 Å². The van der Waals surface area contributed by atoms with Crippen LogP contribution >= 0.6 is 23.2 Å². The van der Waals surface area contributed by atoms with Crippen molar-refractivity contribution in [2.45, 2.75) is 97.5 Å². The Balaban J connectivity index is 0.00000275. The second kappa shape index (κ2) is 15.0. The van der Waals surface area contributed by atoms with Gasteiger partial charge in [-0.1, -0.05) is 0 Å². The van der Waals surface area contributed by atoms with Gasteiger partial charge in [-0.2, -0.15) is 0 Å². The predicted molar refractivity (Wildman–Crippen MR) is 239 cm³/mol. The van der Waals surface area contributed by atoms with Crippen molar-refractivity contribution in [2.24, 2.45) is 16.7 Å². The molecule has 4 aliphatic carbocycles. The van der Waals surface area contributed by atoms with Crippen molar-refractivity contribution in [3.63, 3.8) is 0 Å². The Bertz CT molecular complexity index is 2390. The fourth-order valence-corrected chi connectivity index (χ4v) is 23.9. The van der Waals surface area contributed by atoms with E-state index in [2.05, 4.69) is 188 Å². The molecular weight excluding hydrogens is 858 g/mol. The number of halogens is 4. The molecule has 1 atom stereocenters. The minimum absolute atomic E-state index is 0. The van der Waals surface area contributed by atoms with E-state index in [-0.39, 0.29) is 50.1 Å². The molecule has 4 aromatic rings. The van der Waals surface area contributed by atoms with Crippen molar-refractivity contribution < 1.29 is 44.1 Å². The Hall–Kier alpha value is -2.38.